The number of aromatic nitrogens is 5. The van der Waals surface area contributed by atoms with Crippen molar-refractivity contribution in [1.29, 1.82) is 0 Å². The molecule has 3 heterocycles. The van der Waals surface area contributed by atoms with E-state index in [1.54, 1.807) is 44.7 Å². The van der Waals surface area contributed by atoms with Gasteiger partial charge in [0.05, 0.1) is 24.7 Å². The summed E-state index contributed by atoms with van der Waals surface area (Å²) < 4.78 is 14.6. The van der Waals surface area contributed by atoms with Crippen molar-refractivity contribution in [3.05, 3.63) is 43.0 Å². The fourth-order valence-corrected chi connectivity index (χ4v) is 3.62. The summed E-state index contributed by atoms with van der Waals surface area (Å²) in [5.41, 5.74) is 10.2. The van der Waals surface area contributed by atoms with E-state index in [0.29, 0.717) is 22.8 Å². The molecule has 0 unspecified atom stereocenters. The van der Waals surface area contributed by atoms with Crippen molar-refractivity contribution in [2.24, 2.45) is 0 Å². The Morgan fingerprint density at radius 3 is 2.56 bits per heavy atom. The van der Waals surface area contributed by atoms with Gasteiger partial charge in [-0.3, -0.25) is 10.00 Å². The molecule has 10 nitrogen and oxygen atoms in total. The fourth-order valence-electron chi connectivity index (χ4n) is 3.62. The standard InChI is InChI=1S/C24H29N7O3/c1-14(2)30-12-16(11-27-30)19-10-17(21-22(25)26-13-28-31(19)21)15-7-8-18(20(9-15)33-6)29-23(32)34-24(3,4)5/h7-14H,1-6H3,(H,29,32)(H2,25,26,28). The molecule has 178 valence electrons. The van der Waals surface area contributed by atoms with E-state index < -0.39 is 11.7 Å². The quantitative estimate of drug-likeness (QED) is 0.437. The number of nitrogens with two attached hydrogens (primary N) is 1. The van der Waals surface area contributed by atoms with Gasteiger partial charge in [-0.05, 0) is 58.4 Å². The van der Waals surface area contributed by atoms with Crippen LogP contribution in [0.4, 0.5) is 16.3 Å². The Morgan fingerprint density at radius 2 is 1.91 bits per heavy atom. The van der Waals surface area contributed by atoms with E-state index in [0.717, 1.165) is 22.4 Å². The average molecular weight is 464 g/mol. The van der Waals surface area contributed by atoms with Crippen molar-refractivity contribution >= 4 is 23.1 Å². The SMILES string of the molecule is COc1cc(-c2cc(-c3cnn(C(C)C)c3)n3ncnc(N)c23)ccc1NC(=O)OC(C)(C)C. The summed E-state index contributed by atoms with van der Waals surface area (Å²) in [6.07, 6.45) is 4.65. The summed E-state index contributed by atoms with van der Waals surface area (Å²) in [6, 6.07) is 7.69. The van der Waals surface area contributed by atoms with Gasteiger partial charge in [-0.15, -0.1) is 0 Å². The van der Waals surface area contributed by atoms with Crippen molar-refractivity contribution in [2.45, 2.75) is 46.3 Å². The molecule has 3 aromatic heterocycles. The van der Waals surface area contributed by atoms with Crippen LogP contribution in [0.3, 0.4) is 0 Å². The second-order valence-corrected chi connectivity index (χ2v) is 9.19. The maximum absolute atomic E-state index is 12.2. The number of ether oxygens (including phenoxy) is 2. The highest BCUT2D eigenvalue weighted by Gasteiger charge is 2.21. The highest BCUT2D eigenvalue weighted by Crippen LogP contribution is 2.38. The van der Waals surface area contributed by atoms with Crippen molar-refractivity contribution < 1.29 is 14.3 Å². The number of nitrogens with zero attached hydrogens (tertiary/aromatic N) is 5. The lowest BCUT2D eigenvalue weighted by atomic mass is 10.1. The molecule has 1 amide bonds. The molecule has 4 aromatic rings. The van der Waals surface area contributed by atoms with Crippen molar-refractivity contribution in [3.8, 4) is 28.1 Å². The van der Waals surface area contributed by atoms with E-state index in [9.17, 15) is 4.79 Å². The molecule has 3 N–H and O–H groups in total. The second kappa shape index (κ2) is 8.69. The van der Waals surface area contributed by atoms with Crippen LogP contribution in [0.25, 0.3) is 27.9 Å². The van der Waals surface area contributed by atoms with Crippen LogP contribution in [0.2, 0.25) is 0 Å². The number of benzene rings is 1. The van der Waals surface area contributed by atoms with E-state index in [1.165, 1.54) is 6.33 Å². The van der Waals surface area contributed by atoms with Crippen LogP contribution in [0, 0.1) is 0 Å². The third kappa shape index (κ3) is 4.52. The Morgan fingerprint density at radius 1 is 1.15 bits per heavy atom. The molecule has 34 heavy (non-hydrogen) atoms. The monoisotopic (exact) mass is 463 g/mol. The zero-order valence-electron chi connectivity index (χ0n) is 20.2. The number of hydrogen-bond acceptors (Lipinski definition) is 7. The lowest BCUT2D eigenvalue weighted by Gasteiger charge is -2.20. The average Bonchev–Trinajstić information content (AvgIpc) is 3.38. The zero-order valence-corrected chi connectivity index (χ0v) is 20.2. The number of nitrogens with one attached hydrogen (secondary N) is 1. The van der Waals surface area contributed by atoms with Crippen molar-refractivity contribution in [2.75, 3.05) is 18.2 Å². The summed E-state index contributed by atoms with van der Waals surface area (Å²) in [6.45, 7) is 9.55. The van der Waals surface area contributed by atoms with Crippen LogP contribution in [0.5, 0.6) is 5.75 Å². The number of amides is 1. The van der Waals surface area contributed by atoms with E-state index in [1.807, 2.05) is 29.1 Å². The topological polar surface area (TPSA) is 122 Å². The van der Waals surface area contributed by atoms with Gasteiger partial charge in [-0.1, -0.05) is 6.07 Å². The predicted molar refractivity (Wildman–Crippen MR) is 131 cm³/mol. The Hall–Kier alpha value is -4.08. The fraction of sp³-hybridized carbons (Fsp3) is 0.333. The van der Waals surface area contributed by atoms with E-state index >= 15 is 0 Å². The number of anilines is 2. The van der Waals surface area contributed by atoms with Gasteiger partial charge in [0.15, 0.2) is 5.82 Å². The zero-order chi connectivity index (χ0) is 24.6. The molecule has 1 aromatic carbocycles. The van der Waals surface area contributed by atoms with E-state index in [-0.39, 0.29) is 6.04 Å². The largest absolute Gasteiger partial charge is 0.495 e. The molecular weight excluding hydrogens is 434 g/mol. The van der Waals surface area contributed by atoms with Gasteiger partial charge in [-0.25, -0.2) is 14.3 Å². The summed E-state index contributed by atoms with van der Waals surface area (Å²) in [7, 11) is 1.54. The molecule has 0 radical (unpaired) electrons. The van der Waals surface area contributed by atoms with Crippen LogP contribution in [0.15, 0.2) is 43.0 Å². The van der Waals surface area contributed by atoms with Gasteiger partial charge >= 0.3 is 6.09 Å². The molecule has 0 bridgehead atoms. The van der Waals surface area contributed by atoms with Gasteiger partial charge in [-0.2, -0.15) is 10.2 Å². The Bertz CT molecular complexity index is 1350. The number of methoxy groups -OCH3 is 1. The third-order valence-corrected chi connectivity index (χ3v) is 5.16. The number of carbonyl (C=O) groups is 1. The van der Waals surface area contributed by atoms with Gasteiger partial charge in [0, 0.05) is 23.4 Å². The number of hydrogen-bond donors (Lipinski definition) is 2. The van der Waals surface area contributed by atoms with E-state index in [4.69, 9.17) is 15.2 Å². The van der Waals surface area contributed by atoms with Crippen LogP contribution in [-0.4, -0.2) is 43.2 Å². The maximum Gasteiger partial charge on any atom is 0.412 e. The van der Waals surface area contributed by atoms with Crippen LogP contribution >= 0.6 is 0 Å². The molecule has 10 heteroatoms. The lowest BCUT2D eigenvalue weighted by Crippen LogP contribution is -2.27. The summed E-state index contributed by atoms with van der Waals surface area (Å²) in [5.74, 6) is 0.828. The van der Waals surface area contributed by atoms with Crippen molar-refractivity contribution in [1.82, 2.24) is 24.4 Å². The Kier molecular flexibility index (Phi) is 5.90. The van der Waals surface area contributed by atoms with Gasteiger partial charge in [0.2, 0.25) is 0 Å². The number of nitrogen functional groups attached to an aromatic ring is 1. The Balaban J connectivity index is 1.78. The second-order valence-electron chi connectivity index (χ2n) is 9.19. The first kappa shape index (κ1) is 23.1. The minimum absolute atomic E-state index is 0.230. The first-order valence-electron chi connectivity index (χ1n) is 10.9. The molecule has 0 aliphatic carbocycles. The van der Waals surface area contributed by atoms with Gasteiger partial charge < -0.3 is 15.2 Å². The van der Waals surface area contributed by atoms with Crippen LogP contribution < -0.4 is 15.8 Å². The molecule has 4 rings (SSSR count). The summed E-state index contributed by atoms with van der Waals surface area (Å²) >= 11 is 0. The van der Waals surface area contributed by atoms with Crippen molar-refractivity contribution in [3.63, 3.8) is 0 Å². The highest BCUT2D eigenvalue weighted by atomic mass is 16.6. The highest BCUT2D eigenvalue weighted by molar-refractivity contribution is 5.94. The predicted octanol–water partition coefficient (Wildman–Crippen LogP) is 4.78. The molecular formula is C24H29N7O3. The molecule has 0 aliphatic heterocycles. The molecule has 0 spiro atoms. The molecule has 0 atom stereocenters. The van der Waals surface area contributed by atoms with Crippen LogP contribution in [0.1, 0.15) is 40.7 Å². The smallest absolute Gasteiger partial charge is 0.412 e. The van der Waals surface area contributed by atoms with Crippen LogP contribution in [-0.2, 0) is 4.74 Å². The first-order valence-corrected chi connectivity index (χ1v) is 10.9. The lowest BCUT2D eigenvalue weighted by molar-refractivity contribution is 0.0635. The number of fused-ring (bicyclic) bond motifs is 1. The number of carbonyl (C=O) groups excluding carboxylic acids is 1. The normalized spacial score (nSPS) is 11.7. The maximum atomic E-state index is 12.2. The summed E-state index contributed by atoms with van der Waals surface area (Å²) in [5, 5.41) is 11.6. The summed E-state index contributed by atoms with van der Waals surface area (Å²) in [4.78, 5) is 16.4. The van der Waals surface area contributed by atoms with E-state index in [2.05, 4.69) is 34.3 Å². The molecule has 0 saturated heterocycles. The molecule has 0 aliphatic rings. The Labute approximate surface area is 197 Å². The minimum atomic E-state index is -0.611. The van der Waals surface area contributed by atoms with Gasteiger partial charge in [0.1, 0.15) is 23.2 Å². The number of rotatable bonds is 5. The van der Waals surface area contributed by atoms with Gasteiger partial charge in [0.25, 0.3) is 0 Å². The minimum Gasteiger partial charge on any atom is -0.495 e. The molecule has 0 fully saturated rings. The third-order valence-electron chi connectivity index (χ3n) is 5.16. The molecule has 0 saturated carbocycles. The first-order chi connectivity index (χ1) is 16.1.